The number of aromatic nitrogens is 2. The lowest BCUT2D eigenvalue weighted by Crippen LogP contribution is -2.47. The van der Waals surface area contributed by atoms with Crippen LogP contribution in [0, 0.1) is 0 Å². The van der Waals surface area contributed by atoms with Crippen molar-refractivity contribution < 1.29 is 0 Å². The van der Waals surface area contributed by atoms with E-state index in [1.807, 2.05) is 18.5 Å². The van der Waals surface area contributed by atoms with Gasteiger partial charge in [0, 0.05) is 72.2 Å². The standard InChI is InChI=1S/C31H38N6S/c1-6-21(2)34-24(5)38-23(4)26-7-8-27-20-33-30(18-28(27)17-26)35-22(3)25-11-12-32-31(19-25)37-15-13-36(14-16-37)29-9-10-29/h7-8,11-12,17-21,29H,3-4,6,9-10,13-16H2,1-2,5H3,(H,33,35)/t21-/m1/s1. The van der Waals surface area contributed by atoms with Crippen LogP contribution in [0.2, 0.25) is 0 Å². The van der Waals surface area contributed by atoms with Crippen LogP contribution in [0.1, 0.15) is 51.2 Å². The fourth-order valence-electron chi connectivity index (χ4n) is 4.81. The Balaban J connectivity index is 1.26. The molecule has 2 aromatic heterocycles. The minimum Gasteiger partial charge on any atom is -0.354 e. The lowest BCUT2D eigenvalue weighted by atomic mass is 10.1. The number of nitrogens with zero attached hydrogens (tertiary/aromatic N) is 5. The summed E-state index contributed by atoms with van der Waals surface area (Å²) in [6, 6.07) is 13.7. The number of aliphatic imine (C=N–C) groups is 1. The molecule has 0 amide bonds. The van der Waals surface area contributed by atoms with Gasteiger partial charge < -0.3 is 10.2 Å². The summed E-state index contributed by atoms with van der Waals surface area (Å²) >= 11 is 1.63. The van der Waals surface area contributed by atoms with Gasteiger partial charge in [-0.3, -0.25) is 9.89 Å². The maximum atomic E-state index is 4.73. The number of hydrogen-bond acceptors (Lipinski definition) is 7. The molecule has 1 saturated heterocycles. The summed E-state index contributed by atoms with van der Waals surface area (Å²) in [6.07, 6.45) is 7.54. The monoisotopic (exact) mass is 526 g/mol. The van der Waals surface area contributed by atoms with Gasteiger partial charge in [0.1, 0.15) is 11.6 Å². The first-order chi connectivity index (χ1) is 18.4. The van der Waals surface area contributed by atoms with Gasteiger partial charge in [-0.1, -0.05) is 44.0 Å². The summed E-state index contributed by atoms with van der Waals surface area (Å²) in [5, 5.41) is 6.65. The van der Waals surface area contributed by atoms with Gasteiger partial charge in [-0.25, -0.2) is 9.97 Å². The van der Waals surface area contributed by atoms with Crippen molar-refractivity contribution in [1.82, 2.24) is 14.9 Å². The van der Waals surface area contributed by atoms with Gasteiger partial charge in [0.2, 0.25) is 0 Å². The number of rotatable bonds is 9. The lowest BCUT2D eigenvalue weighted by molar-refractivity contribution is 0.247. The summed E-state index contributed by atoms with van der Waals surface area (Å²) < 4.78 is 0. The van der Waals surface area contributed by atoms with E-state index in [4.69, 9.17) is 4.99 Å². The zero-order chi connectivity index (χ0) is 26.6. The van der Waals surface area contributed by atoms with E-state index < -0.39 is 0 Å². The highest BCUT2D eigenvalue weighted by molar-refractivity contribution is 8.21. The van der Waals surface area contributed by atoms with Crippen molar-refractivity contribution in [2.75, 3.05) is 36.4 Å². The van der Waals surface area contributed by atoms with Gasteiger partial charge in [-0.15, -0.1) is 0 Å². The fraction of sp³-hybridized carbons (Fsp3) is 0.387. The molecule has 198 valence electrons. The summed E-state index contributed by atoms with van der Waals surface area (Å²) in [5.74, 6) is 1.78. The first-order valence-electron chi connectivity index (χ1n) is 13.6. The predicted octanol–water partition coefficient (Wildman–Crippen LogP) is 6.92. The molecule has 0 spiro atoms. The molecule has 0 bridgehead atoms. The minimum absolute atomic E-state index is 0.328. The number of nitrogens with one attached hydrogen (secondary N) is 1. The zero-order valence-electron chi connectivity index (χ0n) is 22.8. The molecular formula is C31H38N6S. The number of fused-ring (bicyclic) bond motifs is 1. The summed E-state index contributed by atoms with van der Waals surface area (Å²) in [5.41, 5.74) is 2.93. The lowest BCUT2D eigenvalue weighted by Gasteiger charge is -2.35. The third-order valence-electron chi connectivity index (χ3n) is 7.38. The zero-order valence-corrected chi connectivity index (χ0v) is 23.6. The second-order valence-electron chi connectivity index (χ2n) is 10.3. The van der Waals surface area contributed by atoms with Crippen LogP contribution in [0.25, 0.3) is 21.4 Å². The van der Waals surface area contributed by atoms with Gasteiger partial charge in [-0.2, -0.15) is 0 Å². The average molecular weight is 527 g/mol. The van der Waals surface area contributed by atoms with E-state index in [9.17, 15) is 0 Å². The van der Waals surface area contributed by atoms with Crippen molar-refractivity contribution in [3.63, 3.8) is 0 Å². The van der Waals surface area contributed by atoms with Gasteiger partial charge in [0.25, 0.3) is 0 Å². The molecule has 1 N–H and O–H groups in total. The third kappa shape index (κ3) is 6.45. The van der Waals surface area contributed by atoms with E-state index in [2.05, 4.69) is 89.3 Å². The van der Waals surface area contributed by atoms with Crippen molar-refractivity contribution in [3.05, 3.63) is 73.1 Å². The fourth-order valence-corrected chi connectivity index (χ4v) is 5.64. The summed E-state index contributed by atoms with van der Waals surface area (Å²) in [4.78, 5) is 20.0. The average Bonchev–Trinajstić information content (AvgIpc) is 3.78. The number of hydrogen-bond donors (Lipinski definition) is 1. The SMILES string of the molecule is C=C(Nc1cc2cc(C(=C)SC(C)=N[C@H](C)CC)ccc2cn1)c1ccnc(N2CCN(C3CC3)CC2)c1. The quantitative estimate of drug-likeness (QED) is 0.241. The summed E-state index contributed by atoms with van der Waals surface area (Å²) in [6.45, 7) is 19.2. The van der Waals surface area contributed by atoms with Crippen molar-refractivity contribution in [2.24, 2.45) is 4.99 Å². The second-order valence-corrected chi connectivity index (χ2v) is 11.6. The maximum absolute atomic E-state index is 4.73. The van der Waals surface area contributed by atoms with Crippen molar-refractivity contribution in [3.8, 4) is 0 Å². The Bertz CT molecular complexity index is 1350. The number of anilines is 2. The highest BCUT2D eigenvalue weighted by Gasteiger charge is 2.31. The molecule has 1 saturated carbocycles. The van der Waals surface area contributed by atoms with E-state index in [-0.39, 0.29) is 0 Å². The van der Waals surface area contributed by atoms with Crippen molar-refractivity contribution >= 4 is 49.8 Å². The van der Waals surface area contributed by atoms with Crippen LogP contribution in [-0.2, 0) is 0 Å². The number of thioether (sulfide) groups is 1. The highest BCUT2D eigenvalue weighted by atomic mass is 32.2. The molecule has 2 aliphatic rings. The van der Waals surface area contributed by atoms with Gasteiger partial charge in [0.05, 0.1) is 5.04 Å². The van der Waals surface area contributed by atoms with Crippen LogP contribution in [0.4, 0.5) is 11.6 Å². The number of piperazine rings is 1. The highest BCUT2D eigenvalue weighted by Crippen LogP contribution is 2.31. The molecular weight excluding hydrogens is 488 g/mol. The van der Waals surface area contributed by atoms with Crippen LogP contribution in [0.15, 0.2) is 66.9 Å². The van der Waals surface area contributed by atoms with Crippen molar-refractivity contribution in [2.45, 2.75) is 52.1 Å². The number of benzene rings is 1. The molecule has 3 heterocycles. The third-order valence-corrected chi connectivity index (χ3v) is 8.26. The Morgan fingerprint density at radius 2 is 1.84 bits per heavy atom. The Hall–Kier alpha value is -3.16. The van der Waals surface area contributed by atoms with Gasteiger partial charge in [-0.05, 0) is 68.3 Å². The summed E-state index contributed by atoms with van der Waals surface area (Å²) in [7, 11) is 0. The Labute approximate surface area is 231 Å². The van der Waals surface area contributed by atoms with Gasteiger partial charge >= 0.3 is 0 Å². The van der Waals surface area contributed by atoms with Crippen LogP contribution in [0.5, 0.6) is 0 Å². The van der Waals surface area contributed by atoms with E-state index in [0.717, 1.165) is 87.8 Å². The van der Waals surface area contributed by atoms with Gasteiger partial charge in [0.15, 0.2) is 0 Å². The topological polar surface area (TPSA) is 56.7 Å². The Morgan fingerprint density at radius 3 is 2.58 bits per heavy atom. The molecule has 3 aromatic rings. The minimum atomic E-state index is 0.328. The normalized spacial score (nSPS) is 17.4. The van der Waals surface area contributed by atoms with Crippen LogP contribution < -0.4 is 10.2 Å². The van der Waals surface area contributed by atoms with E-state index in [1.165, 1.54) is 12.8 Å². The molecule has 5 rings (SSSR count). The van der Waals surface area contributed by atoms with Crippen LogP contribution >= 0.6 is 11.8 Å². The molecule has 0 radical (unpaired) electrons. The predicted molar refractivity (Wildman–Crippen MR) is 165 cm³/mol. The van der Waals surface area contributed by atoms with E-state index in [1.54, 1.807) is 11.8 Å². The van der Waals surface area contributed by atoms with Crippen LogP contribution in [0.3, 0.4) is 0 Å². The number of pyridine rings is 2. The molecule has 1 aliphatic carbocycles. The molecule has 2 fully saturated rings. The van der Waals surface area contributed by atoms with Crippen LogP contribution in [-0.4, -0.2) is 58.2 Å². The molecule has 7 heteroatoms. The molecule has 0 unspecified atom stereocenters. The van der Waals surface area contributed by atoms with E-state index in [0.29, 0.717) is 6.04 Å². The second kappa shape index (κ2) is 11.7. The molecule has 1 aromatic carbocycles. The Kier molecular flexibility index (Phi) is 8.15. The molecule has 38 heavy (non-hydrogen) atoms. The van der Waals surface area contributed by atoms with Crippen molar-refractivity contribution in [1.29, 1.82) is 0 Å². The smallest absolute Gasteiger partial charge is 0.130 e. The molecule has 1 aliphatic heterocycles. The molecule has 6 nitrogen and oxygen atoms in total. The first kappa shape index (κ1) is 26.4. The van der Waals surface area contributed by atoms with E-state index >= 15 is 0 Å². The Morgan fingerprint density at radius 1 is 1.05 bits per heavy atom. The largest absolute Gasteiger partial charge is 0.354 e. The molecule has 1 atom stereocenters. The first-order valence-corrected chi connectivity index (χ1v) is 14.4. The maximum Gasteiger partial charge on any atom is 0.130 e.